The lowest BCUT2D eigenvalue weighted by Gasteiger charge is -2.28. The molecule has 140 valence electrons. The van der Waals surface area contributed by atoms with Gasteiger partial charge < -0.3 is 20.3 Å². The Balaban J connectivity index is 1.57. The highest BCUT2D eigenvalue weighted by Crippen LogP contribution is 2.17. The average molecular weight is 373 g/mol. The van der Waals surface area contributed by atoms with Gasteiger partial charge in [0.25, 0.3) is 0 Å². The van der Waals surface area contributed by atoms with Gasteiger partial charge in [-0.15, -0.1) is 11.3 Å². The van der Waals surface area contributed by atoms with E-state index in [1.54, 1.807) is 11.3 Å². The molecule has 0 saturated carbocycles. The van der Waals surface area contributed by atoms with E-state index in [0.29, 0.717) is 6.54 Å². The maximum atomic E-state index is 5.42. The third-order valence-corrected chi connectivity index (χ3v) is 5.48. The first-order valence-corrected chi connectivity index (χ1v) is 10.1. The quantitative estimate of drug-likeness (QED) is 0.604. The summed E-state index contributed by atoms with van der Waals surface area (Å²) in [7, 11) is 0. The number of aryl methyl sites for hydroxylation is 1. The summed E-state index contributed by atoms with van der Waals surface area (Å²) in [5, 5.41) is 8.88. The summed E-state index contributed by atoms with van der Waals surface area (Å²) < 4.78 is 5.42. The SMILES string of the molecule is CCNC(=NCc1ccc(N2CCOCC2)cc1)NCc1sccc1C. The lowest BCUT2D eigenvalue weighted by molar-refractivity contribution is 0.122. The summed E-state index contributed by atoms with van der Waals surface area (Å²) in [6.45, 7) is 10.1. The Morgan fingerprint density at radius 3 is 2.58 bits per heavy atom. The van der Waals surface area contributed by atoms with E-state index in [1.165, 1.54) is 21.7 Å². The van der Waals surface area contributed by atoms with Gasteiger partial charge in [-0.25, -0.2) is 4.99 Å². The van der Waals surface area contributed by atoms with Gasteiger partial charge in [0.15, 0.2) is 5.96 Å². The Hall–Kier alpha value is -2.05. The maximum Gasteiger partial charge on any atom is 0.191 e. The normalized spacial score (nSPS) is 15.2. The van der Waals surface area contributed by atoms with Gasteiger partial charge in [0.1, 0.15) is 0 Å². The molecular weight excluding hydrogens is 344 g/mol. The van der Waals surface area contributed by atoms with E-state index in [1.807, 2.05) is 0 Å². The van der Waals surface area contributed by atoms with Crippen LogP contribution in [0.25, 0.3) is 0 Å². The molecule has 3 rings (SSSR count). The second-order valence-electron chi connectivity index (χ2n) is 6.34. The van der Waals surface area contributed by atoms with Gasteiger partial charge >= 0.3 is 0 Å². The predicted octanol–water partition coefficient (Wildman–Crippen LogP) is 3.15. The standard InChI is InChI=1S/C20H28N4OS/c1-3-21-20(23-15-19-16(2)8-13-26-19)22-14-17-4-6-18(7-5-17)24-9-11-25-12-10-24/h4-8,13H,3,9-12,14-15H2,1-2H3,(H2,21,22,23). The van der Waals surface area contributed by atoms with Crippen LogP contribution in [0.15, 0.2) is 40.7 Å². The van der Waals surface area contributed by atoms with Crippen LogP contribution in [-0.2, 0) is 17.8 Å². The molecular formula is C20H28N4OS. The minimum absolute atomic E-state index is 0.669. The molecule has 0 radical (unpaired) electrons. The molecule has 2 N–H and O–H groups in total. The molecule has 26 heavy (non-hydrogen) atoms. The lowest BCUT2D eigenvalue weighted by Crippen LogP contribution is -2.36. The minimum atomic E-state index is 0.669. The van der Waals surface area contributed by atoms with E-state index in [-0.39, 0.29) is 0 Å². The maximum absolute atomic E-state index is 5.42. The van der Waals surface area contributed by atoms with E-state index in [0.717, 1.165) is 45.4 Å². The van der Waals surface area contributed by atoms with Gasteiger partial charge in [0.05, 0.1) is 26.3 Å². The molecule has 0 spiro atoms. The number of hydrogen-bond donors (Lipinski definition) is 2. The van der Waals surface area contributed by atoms with Crippen LogP contribution in [0.2, 0.25) is 0 Å². The number of guanidine groups is 1. The highest BCUT2D eigenvalue weighted by molar-refractivity contribution is 7.10. The Morgan fingerprint density at radius 2 is 1.92 bits per heavy atom. The smallest absolute Gasteiger partial charge is 0.191 e. The zero-order valence-electron chi connectivity index (χ0n) is 15.6. The number of ether oxygens (including phenoxy) is 1. The predicted molar refractivity (Wildman–Crippen MR) is 110 cm³/mol. The zero-order valence-corrected chi connectivity index (χ0v) is 16.4. The van der Waals surface area contributed by atoms with Crippen molar-refractivity contribution in [2.45, 2.75) is 26.9 Å². The van der Waals surface area contributed by atoms with Crippen LogP contribution in [0.5, 0.6) is 0 Å². The Bertz CT molecular complexity index is 705. The van der Waals surface area contributed by atoms with Crippen LogP contribution in [0.3, 0.4) is 0 Å². The highest BCUT2D eigenvalue weighted by Gasteiger charge is 2.10. The number of nitrogens with one attached hydrogen (secondary N) is 2. The number of morpholine rings is 1. The molecule has 5 nitrogen and oxygen atoms in total. The molecule has 0 amide bonds. The summed E-state index contributed by atoms with van der Waals surface area (Å²) >= 11 is 1.78. The number of nitrogens with zero attached hydrogens (tertiary/aromatic N) is 2. The molecule has 1 aliphatic heterocycles. The highest BCUT2D eigenvalue weighted by atomic mass is 32.1. The van der Waals surface area contributed by atoms with E-state index in [9.17, 15) is 0 Å². The summed E-state index contributed by atoms with van der Waals surface area (Å²) in [6.07, 6.45) is 0. The Kier molecular flexibility index (Phi) is 6.91. The first-order valence-electron chi connectivity index (χ1n) is 9.23. The van der Waals surface area contributed by atoms with Crippen LogP contribution in [0.1, 0.15) is 22.9 Å². The van der Waals surface area contributed by atoms with Crippen molar-refractivity contribution in [3.63, 3.8) is 0 Å². The number of rotatable bonds is 6. The van der Waals surface area contributed by atoms with Crippen molar-refractivity contribution in [3.05, 3.63) is 51.7 Å². The number of aliphatic imine (C=N–C) groups is 1. The van der Waals surface area contributed by atoms with Gasteiger partial charge in [-0.1, -0.05) is 12.1 Å². The molecule has 2 heterocycles. The average Bonchev–Trinajstić information content (AvgIpc) is 3.10. The fourth-order valence-electron chi connectivity index (χ4n) is 2.90. The van der Waals surface area contributed by atoms with E-state index in [2.05, 4.69) is 65.1 Å². The number of thiophene rings is 1. The Labute approximate surface area is 160 Å². The molecule has 1 fully saturated rings. The second-order valence-corrected chi connectivity index (χ2v) is 7.34. The van der Waals surface area contributed by atoms with E-state index >= 15 is 0 Å². The molecule has 1 saturated heterocycles. The number of benzene rings is 1. The minimum Gasteiger partial charge on any atom is -0.378 e. The summed E-state index contributed by atoms with van der Waals surface area (Å²) in [4.78, 5) is 8.44. The van der Waals surface area contributed by atoms with Gasteiger partial charge in [0, 0.05) is 30.2 Å². The van der Waals surface area contributed by atoms with E-state index < -0.39 is 0 Å². The van der Waals surface area contributed by atoms with Crippen molar-refractivity contribution in [1.29, 1.82) is 0 Å². The number of anilines is 1. The van der Waals surface area contributed by atoms with Crippen LogP contribution in [0.4, 0.5) is 5.69 Å². The van der Waals surface area contributed by atoms with Crippen molar-refractivity contribution < 1.29 is 4.74 Å². The first-order chi connectivity index (χ1) is 12.8. The van der Waals surface area contributed by atoms with Crippen LogP contribution in [-0.4, -0.2) is 38.8 Å². The van der Waals surface area contributed by atoms with Gasteiger partial charge in [-0.3, -0.25) is 0 Å². The van der Waals surface area contributed by atoms with Crippen molar-refractivity contribution in [1.82, 2.24) is 10.6 Å². The molecule has 1 aromatic heterocycles. The van der Waals surface area contributed by atoms with Crippen LogP contribution < -0.4 is 15.5 Å². The molecule has 0 atom stereocenters. The van der Waals surface area contributed by atoms with Crippen molar-refractivity contribution in [3.8, 4) is 0 Å². The van der Waals surface area contributed by atoms with Crippen LogP contribution >= 0.6 is 11.3 Å². The summed E-state index contributed by atoms with van der Waals surface area (Å²) in [5.41, 5.74) is 3.81. The third kappa shape index (κ3) is 5.22. The number of hydrogen-bond acceptors (Lipinski definition) is 4. The van der Waals surface area contributed by atoms with Gasteiger partial charge in [-0.2, -0.15) is 0 Å². The molecule has 1 aliphatic rings. The fraction of sp³-hybridized carbons (Fsp3) is 0.450. The van der Waals surface area contributed by atoms with Crippen molar-refractivity contribution in [2.24, 2.45) is 4.99 Å². The molecule has 0 bridgehead atoms. The summed E-state index contributed by atoms with van der Waals surface area (Å²) in [6, 6.07) is 10.9. The molecule has 1 aromatic carbocycles. The van der Waals surface area contributed by atoms with Crippen molar-refractivity contribution >= 4 is 23.0 Å². The van der Waals surface area contributed by atoms with Gasteiger partial charge in [-0.05, 0) is 48.6 Å². The fourth-order valence-corrected chi connectivity index (χ4v) is 3.74. The Morgan fingerprint density at radius 1 is 1.15 bits per heavy atom. The molecule has 0 aliphatic carbocycles. The summed E-state index contributed by atoms with van der Waals surface area (Å²) in [5.74, 6) is 0.859. The molecule has 6 heteroatoms. The third-order valence-electron chi connectivity index (χ3n) is 4.46. The topological polar surface area (TPSA) is 48.9 Å². The first kappa shape index (κ1) is 18.7. The monoisotopic (exact) mass is 372 g/mol. The second kappa shape index (κ2) is 9.59. The van der Waals surface area contributed by atoms with Crippen LogP contribution in [0, 0.1) is 6.92 Å². The molecule has 0 unspecified atom stereocenters. The van der Waals surface area contributed by atoms with Gasteiger partial charge in [0.2, 0.25) is 0 Å². The zero-order chi connectivity index (χ0) is 18.2. The largest absolute Gasteiger partial charge is 0.378 e. The lowest BCUT2D eigenvalue weighted by atomic mass is 10.2. The van der Waals surface area contributed by atoms with E-state index in [4.69, 9.17) is 9.73 Å². The molecule has 2 aromatic rings. The van der Waals surface area contributed by atoms with Crippen molar-refractivity contribution in [2.75, 3.05) is 37.7 Å².